The highest BCUT2D eigenvalue weighted by Crippen LogP contribution is 2.18. The number of carbonyl (C=O) groups excluding carboxylic acids is 1. The fraction of sp³-hybridized carbons (Fsp3) is 0.176. The molecule has 0 saturated carbocycles. The van der Waals surface area contributed by atoms with Gasteiger partial charge in [0.05, 0.1) is 11.2 Å². The van der Waals surface area contributed by atoms with Gasteiger partial charge in [-0.1, -0.05) is 18.2 Å². The number of Topliss-reactive ketones (excluding diaryl/α,β-unsaturated/α-hetero) is 1. The lowest BCUT2D eigenvalue weighted by Crippen LogP contribution is -2.06. The van der Waals surface area contributed by atoms with E-state index < -0.39 is 0 Å². The summed E-state index contributed by atoms with van der Waals surface area (Å²) in [5.41, 5.74) is 2.93. The summed E-state index contributed by atoms with van der Waals surface area (Å²) in [6.07, 6.45) is 4.97. The van der Waals surface area contributed by atoms with Gasteiger partial charge in [0, 0.05) is 31.2 Å². The molecule has 0 spiro atoms. The first-order valence-electron chi connectivity index (χ1n) is 6.73. The van der Waals surface area contributed by atoms with E-state index in [2.05, 4.69) is 11.1 Å². The lowest BCUT2D eigenvalue weighted by molar-refractivity contribution is 0.0975. The standard InChI is InChI=1S/C17H16N2O/c1-19-12-4-7-16(19)17(20)9-8-13-10-11-18-15-6-3-2-5-14(13)15/h2-7,10-12H,8-9H2,1H3. The Labute approximate surface area is 117 Å². The molecule has 0 aliphatic carbocycles. The molecule has 2 aromatic heterocycles. The molecule has 0 aliphatic heterocycles. The molecule has 0 amide bonds. The van der Waals surface area contributed by atoms with Crippen molar-refractivity contribution in [2.75, 3.05) is 0 Å². The van der Waals surface area contributed by atoms with Gasteiger partial charge in [-0.05, 0) is 36.2 Å². The minimum atomic E-state index is 0.179. The van der Waals surface area contributed by atoms with Crippen LogP contribution in [0.5, 0.6) is 0 Å². The fourth-order valence-electron chi connectivity index (χ4n) is 2.50. The Balaban J connectivity index is 1.81. The monoisotopic (exact) mass is 264 g/mol. The summed E-state index contributed by atoms with van der Waals surface area (Å²) in [5, 5.41) is 1.13. The van der Waals surface area contributed by atoms with E-state index in [-0.39, 0.29) is 5.78 Å². The number of fused-ring (bicyclic) bond motifs is 1. The van der Waals surface area contributed by atoms with Gasteiger partial charge in [-0.25, -0.2) is 0 Å². The zero-order valence-corrected chi connectivity index (χ0v) is 11.4. The van der Waals surface area contributed by atoms with Gasteiger partial charge in [0.2, 0.25) is 0 Å². The van der Waals surface area contributed by atoms with Crippen LogP contribution in [0.2, 0.25) is 0 Å². The molecule has 2 heterocycles. The number of pyridine rings is 1. The zero-order valence-electron chi connectivity index (χ0n) is 11.4. The first-order chi connectivity index (χ1) is 9.75. The van der Waals surface area contributed by atoms with E-state index in [0.29, 0.717) is 6.42 Å². The van der Waals surface area contributed by atoms with Crippen molar-refractivity contribution >= 4 is 16.7 Å². The molecule has 0 fully saturated rings. The van der Waals surface area contributed by atoms with Crippen molar-refractivity contribution in [2.24, 2.45) is 7.05 Å². The van der Waals surface area contributed by atoms with Crippen molar-refractivity contribution in [1.82, 2.24) is 9.55 Å². The summed E-state index contributed by atoms with van der Waals surface area (Å²) < 4.78 is 1.87. The van der Waals surface area contributed by atoms with Gasteiger partial charge >= 0.3 is 0 Å². The van der Waals surface area contributed by atoms with Gasteiger partial charge in [-0.3, -0.25) is 9.78 Å². The summed E-state index contributed by atoms with van der Waals surface area (Å²) >= 11 is 0. The Morgan fingerprint density at radius 2 is 2.00 bits per heavy atom. The van der Waals surface area contributed by atoms with E-state index in [9.17, 15) is 4.79 Å². The maximum absolute atomic E-state index is 12.2. The molecule has 3 nitrogen and oxygen atoms in total. The Hall–Kier alpha value is -2.42. The van der Waals surface area contributed by atoms with Gasteiger partial charge in [0.1, 0.15) is 0 Å². The molecule has 100 valence electrons. The largest absolute Gasteiger partial charge is 0.348 e. The summed E-state index contributed by atoms with van der Waals surface area (Å²) in [6, 6.07) is 13.8. The molecule has 0 radical (unpaired) electrons. The van der Waals surface area contributed by atoms with Gasteiger partial charge in [0.15, 0.2) is 5.78 Å². The summed E-state index contributed by atoms with van der Waals surface area (Å²) in [7, 11) is 1.90. The number of ketones is 1. The van der Waals surface area contributed by atoms with Crippen LogP contribution in [0.1, 0.15) is 22.5 Å². The number of nitrogens with zero attached hydrogens (tertiary/aromatic N) is 2. The molecule has 0 atom stereocenters. The van der Waals surface area contributed by atoms with Crippen molar-refractivity contribution in [3.8, 4) is 0 Å². The molecule has 1 aromatic carbocycles. The summed E-state index contributed by atoms with van der Waals surface area (Å²) in [4.78, 5) is 16.5. The van der Waals surface area contributed by atoms with Crippen molar-refractivity contribution < 1.29 is 4.79 Å². The van der Waals surface area contributed by atoms with Gasteiger partial charge < -0.3 is 4.57 Å². The highest BCUT2D eigenvalue weighted by atomic mass is 16.1. The maximum Gasteiger partial charge on any atom is 0.179 e. The predicted octanol–water partition coefficient (Wildman–Crippen LogP) is 3.39. The van der Waals surface area contributed by atoms with Crippen LogP contribution in [0.25, 0.3) is 10.9 Å². The topological polar surface area (TPSA) is 34.9 Å². The van der Waals surface area contributed by atoms with Crippen LogP contribution in [0.15, 0.2) is 54.9 Å². The quantitative estimate of drug-likeness (QED) is 0.677. The number of rotatable bonds is 4. The van der Waals surface area contributed by atoms with E-state index in [4.69, 9.17) is 0 Å². The smallest absolute Gasteiger partial charge is 0.179 e. The molecule has 0 aliphatic rings. The molecule has 0 N–H and O–H groups in total. The van der Waals surface area contributed by atoms with Crippen LogP contribution in [0, 0.1) is 0 Å². The third kappa shape index (κ3) is 2.35. The summed E-state index contributed by atoms with van der Waals surface area (Å²) in [6.45, 7) is 0. The number of hydrogen-bond acceptors (Lipinski definition) is 2. The number of benzene rings is 1. The van der Waals surface area contributed by atoms with Crippen LogP contribution >= 0.6 is 0 Å². The Morgan fingerprint density at radius 3 is 2.80 bits per heavy atom. The highest BCUT2D eigenvalue weighted by molar-refractivity contribution is 5.95. The number of aryl methyl sites for hydroxylation is 2. The average molecular weight is 264 g/mol. The van der Waals surface area contributed by atoms with Crippen LogP contribution < -0.4 is 0 Å². The number of hydrogen-bond donors (Lipinski definition) is 0. The van der Waals surface area contributed by atoms with Crippen molar-refractivity contribution in [1.29, 1.82) is 0 Å². The van der Waals surface area contributed by atoms with E-state index in [1.165, 1.54) is 5.56 Å². The first-order valence-corrected chi connectivity index (χ1v) is 6.73. The normalized spacial score (nSPS) is 10.8. The molecule has 20 heavy (non-hydrogen) atoms. The van der Waals surface area contributed by atoms with Gasteiger partial charge in [-0.2, -0.15) is 0 Å². The number of carbonyl (C=O) groups is 1. The first kappa shape index (κ1) is 12.6. The van der Waals surface area contributed by atoms with Crippen LogP contribution in [-0.4, -0.2) is 15.3 Å². The minimum absolute atomic E-state index is 0.179. The van der Waals surface area contributed by atoms with E-state index >= 15 is 0 Å². The van der Waals surface area contributed by atoms with E-state index in [1.54, 1.807) is 0 Å². The lowest BCUT2D eigenvalue weighted by Gasteiger charge is -2.06. The van der Waals surface area contributed by atoms with E-state index in [0.717, 1.165) is 23.0 Å². The highest BCUT2D eigenvalue weighted by Gasteiger charge is 2.10. The van der Waals surface area contributed by atoms with Crippen molar-refractivity contribution in [3.05, 3.63) is 66.1 Å². The molecular formula is C17H16N2O. The molecule has 3 rings (SSSR count). The third-order valence-corrected chi connectivity index (χ3v) is 3.59. The molecular weight excluding hydrogens is 248 g/mol. The van der Waals surface area contributed by atoms with Crippen molar-refractivity contribution in [2.45, 2.75) is 12.8 Å². The Bertz CT molecular complexity index is 753. The third-order valence-electron chi connectivity index (χ3n) is 3.59. The molecule has 0 bridgehead atoms. The minimum Gasteiger partial charge on any atom is -0.348 e. The van der Waals surface area contributed by atoms with Crippen LogP contribution in [-0.2, 0) is 13.5 Å². The lowest BCUT2D eigenvalue weighted by atomic mass is 10.0. The SMILES string of the molecule is Cn1cccc1C(=O)CCc1ccnc2ccccc12. The number of para-hydroxylation sites is 1. The Kier molecular flexibility index (Phi) is 3.33. The van der Waals surface area contributed by atoms with Crippen molar-refractivity contribution in [3.63, 3.8) is 0 Å². The zero-order chi connectivity index (χ0) is 13.9. The Morgan fingerprint density at radius 1 is 1.15 bits per heavy atom. The maximum atomic E-state index is 12.2. The summed E-state index contributed by atoms with van der Waals surface area (Å²) in [5.74, 6) is 0.179. The second-order valence-electron chi connectivity index (χ2n) is 4.91. The molecule has 3 heteroatoms. The van der Waals surface area contributed by atoms with Gasteiger partial charge in [-0.15, -0.1) is 0 Å². The van der Waals surface area contributed by atoms with E-state index in [1.807, 2.05) is 60.4 Å². The molecule has 0 unspecified atom stereocenters. The van der Waals surface area contributed by atoms with Crippen LogP contribution in [0.4, 0.5) is 0 Å². The predicted molar refractivity (Wildman–Crippen MR) is 79.8 cm³/mol. The van der Waals surface area contributed by atoms with Gasteiger partial charge in [0.25, 0.3) is 0 Å². The average Bonchev–Trinajstić information content (AvgIpc) is 2.91. The molecule has 0 saturated heterocycles. The fourth-order valence-corrected chi connectivity index (χ4v) is 2.50. The number of aromatic nitrogens is 2. The van der Waals surface area contributed by atoms with Crippen LogP contribution in [0.3, 0.4) is 0 Å². The second kappa shape index (κ2) is 5.29. The molecule has 3 aromatic rings. The second-order valence-corrected chi connectivity index (χ2v) is 4.91.